The van der Waals surface area contributed by atoms with E-state index in [9.17, 15) is 19.5 Å². The van der Waals surface area contributed by atoms with Crippen LogP contribution in [-0.2, 0) is 20.1 Å². The van der Waals surface area contributed by atoms with Gasteiger partial charge < -0.3 is 15.7 Å². The van der Waals surface area contributed by atoms with Crippen LogP contribution in [0.4, 0.5) is 0 Å². The Kier molecular flexibility index (Phi) is 5.49. The minimum atomic E-state index is -0.654. The minimum Gasteiger partial charge on any atom is -0.492 e. The van der Waals surface area contributed by atoms with Gasteiger partial charge in [-0.15, -0.1) is 0 Å². The second-order valence-electron chi connectivity index (χ2n) is 8.63. The van der Waals surface area contributed by atoms with Crippen LogP contribution in [0.15, 0.2) is 17.1 Å². The van der Waals surface area contributed by atoms with Crippen LogP contribution in [0.5, 0.6) is 5.88 Å². The number of nitrogens with one attached hydrogen (secondary N) is 2. The Bertz CT molecular complexity index is 1260. The number of nitrogens with zero attached hydrogens (tertiary/aromatic N) is 5. The van der Waals surface area contributed by atoms with E-state index in [1.54, 1.807) is 11.7 Å². The Morgan fingerprint density at radius 1 is 1.28 bits per heavy atom. The lowest BCUT2D eigenvalue weighted by Gasteiger charge is -2.15. The summed E-state index contributed by atoms with van der Waals surface area (Å²) in [5, 5.41) is 24.6. The molecule has 4 rings (SSSR count). The van der Waals surface area contributed by atoms with Gasteiger partial charge in [0.1, 0.15) is 5.56 Å². The Hall–Kier alpha value is -3.63. The molecule has 0 radical (unpaired) electrons. The van der Waals surface area contributed by atoms with Crippen LogP contribution in [0.25, 0.3) is 5.65 Å². The predicted molar refractivity (Wildman–Crippen MR) is 116 cm³/mol. The maximum atomic E-state index is 13.2. The number of amides is 2. The van der Waals surface area contributed by atoms with Gasteiger partial charge in [0, 0.05) is 19.6 Å². The molecule has 1 aliphatic carbocycles. The minimum absolute atomic E-state index is 0.0187. The predicted octanol–water partition coefficient (Wildman–Crippen LogP) is 0.722. The van der Waals surface area contributed by atoms with Crippen LogP contribution in [0.1, 0.15) is 58.8 Å². The van der Waals surface area contributed by atoms with Gasteiger partial charge in [0.05, 0.1) is 24.1 Å². The van der Waals surface area contributed by atoms with Gasteiger partial charge in [0.2, 0.25) is 5.88 Å². The van der Waals surface area contributed by atoms with Crippen molar-refractivity contribution in [3.8, 4) is 5.88 Å². The van der Waals surface area contributed by atoms with Gasteiger partial charge in [0.15, 0.2) is 11.2 Å². The number of fused-ring (bicyclic) bond motifs is 1. The third kappa shape index (κ3) is 3.97. The van der Waals surface area contributed by atoms with Crippen molar-refractivity contribution < 1.29 is 14.7 Å². The summed E-state index contributed by atoms with van der Waals surface area (Å²) < 4.78 is 4.09. The van der Waals surface area contributed by atoms with E-state index < -0.39 is 23.3 Å². The van der Waals surface area contributed by atoms with E-state index in [4.69, 9.17) is 0 Å². The molecule has 11 heteroatoms. The van der Waals surface area contributed by atoms with E-state index in [0.29, 0.717) is 0 Å². The van der Waals surface area contributed by atoms with Crippen molar-refractivity contribution in [2.45, 2.75) is 52.7 Å². The molecule has 2 amide bonds. The second kappa shape index (κ2) is 8.13. The van der Waals surface area contributed by atoms with Crippen LogP contribution >= 0.6 is 0 Å². The van der Waals surface area contributed by atoms with E-state index >= 15 is 0 Å². The molecule has 170 valence electrons. The molecule has 3 aromatic heterocycles. The number of carbonyl (C=O) groups excluding carboxylic acids is 2. The molecule has 1 aliphatic rings. The van der Waals surface area contributed by atoms with Gasteiger partial charge in [-0.1, -0.05) is 13.8 Å². The Morgan fingerprint density at radius 3 is 2.59 bits per heavy atom. The highest BCUT2D eigenvalue weighted by Crippen LogP contribution is 2.23. The number of aryl methyl sites for hydroxylation is 2. The van der Waals surface area contributed by atoms with Crippen molar-refractivity contribution in [1.82, 2.24) is 34.6 Å². The van der Waals surface area contributed by atoms with E-state index in [2.05, 4.69) is 20.8 Å². The molecule has 0 aromatic carbocycles. The zero-order valence-corrected chi connectivity index (χ0v) is 18.5. The molecule has 1 fully saturated rings. The van der Waals surface area contributed by atoms with Crippen molar-refractivity contribution >= 4 is 17.5 Å². The monoisotopic (exact) mass is 441 g/mol. The molecular formula is C21H27N7O4. The van der Waals surface area contributed by atoms with E-state index in [0.717, 1.165) is 28.7 Å². The van der Waals surface area contributed by atoms with Gasteiger partial charge >= 0.3 is 0 Å². The summed E-state index contributed by atoms with van der Waals surface area (Å²) in [6, 6.07) is 1.88. The van der Waals surface area contributed by atoms with E-state index in [1.807, 2.05) is 26.8 Å². The van der Waals surface area contributed by atoms with Gasteiger partial charge in [-0.2, -0.15) is 14.7 Å². The van der Waals surface area contributed by atoms with Gasteiger partial charge in [-0.25, -0.2) is 0 Å². The molecule has 3 N–H and O–H groups in total. The van der Waals surface area contributed by atoms with Crippen molar-refractivity contribution in [3.05, 3.63) is 45.1 Å². The van der Waals surface area contributed by atoms with Crippen LogP contribution in [0, 0.1) is 12.8 Å². The zero-order chi connectivity index (χ0) is 23.2. The maximum absolute atomic E-state index is 13.2. The van der Waals surface area contributed by atoms with Crippen molar-refractivity contribution in [1.29, 1.82) is 0 Å². The van der Waals surface area contributed by atoms with Crippen LogP contribution in [0.2, 0.25) is 0 Å². The molecule has 32 heavy (non-hydrogen) atoms. The van der Waals surface area contributed by atoms with Crippen LogP contribution < -0.4 is 16.2 Å². The smallest absolute Gasteiger partial charge is 0.270 e. The van der Waals surface area contributed by atoms with Crippen LogP contribution in [0.3, 0.4) is 0 Å². The molecule has 0 unspecified atom stereocenters. The lowest BCUT2D eigenvalue weighted by Crippen LogP contribution is -2.36. The Labute approximate surface area is 184 Å². The fraction of sp³-hybridized carbons (Fsp3) is 0.476. The highest BCUT2D eigenvalue weighted by atomic mass is 16.3. The average Bonchev–Trinajstić information content (AvgIpc) is 3.30. The molecule has 3 aromatic rings. The standard InChI is InChI=1S/C21H27N7O4/c1-11(2)10-27-19-15(17(29)22-8-14-7-12(3)25-26(14)4)9-23-28(19)21(32)16(20(27)31)18(30)24-13-5-6-13/h7,9,11,13,32H,5-6,8,10H2,1-4H3,(H,22,29)(H,24,30). The largest absolute Gasteiger partial charge is 0.492 e. The SMILES string of the molecule is Cc1cc(CNC(=O)c2cnn3c(O)c(C(=O)NC4CC4)c(=O)n(CC(C)C)c23)n(C)n1. The molecule has 11 nitrogen and oxygen atoms in total. The molecule has 1 saturated carbocycles. The van der Waals surface area contributed by atoms with Crippen molar-refractivity contribution in [3.63, 3.8) is 0 Å². The number of hydrogen-bond donors (Lipinski definition) is 3. The first-order valence-electron chi connectivity index (χ1n) is 10.6. The van der Waals surface area contributed by atoms with Gasteiger partial charge in [-0.05, 0) is 31.7 Å². The third-order valence-corrected chi connectivity index (χ3v) is 5.34. The number of rotatable bonds is 7. The fourth-order valence-corrected chi connectivity index (χ4v) is 3.66. The first-order chi connectivity index (χ1) is 15.2. The fourth-order valence-electron chi connectivity index (χ4n) is 3.66. The van der Waals surface area contributed by atoms with Gasteiger partial charge in [-0.3, -0.25) is 23.6 Å². The molecule has 0 aliphatic heterocycles. The summed E-state index contributed by atoms with van der Waals surface area (Å²) in [5.41, 5.74) is 0.896. The lowest BCUT2D eigenvalue weighted by molar-refractivity contribution is 0.0940. The lowest BCUT2D eigenvalue weighted by atomic mass is 10.2. The topological polar surface area (TPSA) is 136 Å². The Balaban J connectivity index is 1.75. The molecular weight excluding hydrogens is 414 g/mol. The summed E-state index contributed by atoms with van der Waals surface area (Å²) in [7, 11) is 1.79. The summed E-state index contributed by atoms with van der Waals surface area (Å²) in [5.74, 6) is -1.62. The maximum Gasteiger partial charge on any atom is 0.270 e. The first kappa shape index (κ1) is 21.6. The number of hydrogen-bond acceptors (Lipinski definition) is 6. The molecule has 3 heterocycles. The zero-order valence-electron chi connectivity index (χ0n) is 18.5. The number of carbonyl (C=O) groups is 2. The summed E-state index contributed by atoms with van der Waals surface area (Å²) >= 11 is 0. The molecule has 0 spiro atoms. The molecule has 0 saturated heterocycles. The Morgan fingerprint density at radius 2 is 2.00 bits per heavy atom. The van der Waals surface area contributed by atoms with E-state index in [-0.39, 0.29) is 41.8 Å². The van der Waals surface area contributed by atoms with Gasteiger partial charge in [0.25, 0.3) is 17.4 Å². The highest BCUT2D eigenvalue weighted by Gasteiger charge is 2.30. The molecule has 0 atom stereocenters. The number of aromatic nitrogens is 5. The highest BCUT2D eigenvalue weighted by molar-refractivity contribution is 6.01. The third-order valence-electron chi connectivity index (χ3n) is 5.34. The summed E-state index contributed by atoms with van der Waals surface area (Å²) in [4.78, 5) is 38.9. The first-order valence-corrected chi connectivity index (χ1v) is 10.6. The van der Waals surface area contributed by atoms with Crippen LogP contribution in [-0.4, -0.2) is 46.9 Å². The normalized spacial score (nSPS) is 13.7. The summed E-state index contributed by atoms with van der Waals surface area (Å²) in [6.07, 6.45) is 2.98. The van der Waals surface area contributed by atoms with Crippen molar-refractivity contribution in [2.75, 3.05) is 0 Å². The second-order valence-corrected chi connectivity index (χ2v) is 8.63. The number of aromatic hydroxyl groups is 1. The van der Waals surface area contributed by atoms with Crippen molar-refractivity contribution in [2.24, 2.45) is 13.0 Å². The average molecular weight is 441 g/mol. The van der Waals surface area contributed by atoms with E-state index in [1.165, 1.54) is 10.8 Å². The quantitative estimate of drug-likeness (QED) is 0.494. The summed E-state index contributed by atoms with van der Waals surface area (Å²) in [6.45, 7) is 6.18. The molecule has 0 bridgehead atoms.